The molecular weight excluding hydrogens is 486 g/mol. The Morgan fingerprint density at radius 3 is 2.56 bits per heavy atom. The number of carbonyl (C=O) groups is 3. The third-order valence-electron chi connectivity index (χ3n) is 7.34. The molecule has 3 amide bonds. The molecule has 3 aliphatic heterocycles. The first-order chi connectivity index (χ1) is 17.1. The van der Waals surface area contributed by atoms with Crippen LogP contribution in [0.15, 0.2) is 24.3 Å². The van der Waals surface area contributed by atoms with Gasteiger partial charge in [0.25, 0.3) is 0 Å². The Morgan fingerprint density at radius 1 is 1.08 bits per heavy atom. The van der Waals surface area contributed by atoms with E-state index in [-0.39, 0.29) is 31.1 Å². The van der Waals surface area contributed by atoms with E-state index in [0.29, 0.717) is 32.3 Å². The number of benzene rings is 1. The highest BCUT2D eigenvalue weighted by Gasteiger charge is 2.46. The number of hydrogen-bond donors (Lipinski definition) is 3. The Labute approximate surface area is 212 Å². The molecule has 3 heterocycles. The molecule has 0 saturated carbocycles. The van der Waals surface area contributed by atoms with Crippen LogP contribution in [-0.2, 0) is 24.4 Å². The largest absolute Gasteiger partial charge is 0.493 e. The smallest absolute Gasteiger partial charge is 0.247 e. The zero-order valence-corrected chi connectivity index (χ0v) is 21.7. The number of nitrogens with zero attached hydrogens (tertiary/aromatic N) is 2. The Balaban J connectivity index is 1.56. The number of amides is 3. The number of sulfonamides is 1. The van der Waals surface area contributed by atoms with Crippen LogP contribution < -0.4 is 20.7 Å². The fraction of sp³-hybridized carbons (Fsp3) is 0.625. The molecule has 0 spiro atoms. The molecule has 0 bridgehead atoms. The SMILES string of the molecule is CN[C@@H](C)C(=O)N[C@H]1CN(S(C)(=O)=O)CC[C@H]2CC[C@@H](C(=O)N[C@@H]3CCOc4ccccc43)N2C1=O. The number of fused-ring (bicyclic) bond motifs is 2. The lowest BCUT2D eigenvalue weighted by Gasteiger charge is -2.38. The van der Waals surface area contributed by atoms with Gasteiger partial charge in [0.05, 0.1) is 24.9 Å². The van der Waals surface area contributed by atoms with Gasteiger partial charge in [-0.25, -0.2) is 8.42 Å². The number of likely N-dealkylation sites (N-methyl/N-ethyl adjacent to an activating group) is 1. The molecule has 3 N–H and O–H groups in total. The molecule has 198 valence electrons. The zero-order valence-electron chi connectivity index (χ0n) is 20.9. The van der Waals surface area contributed by atoms with E-state index in [2.05, 4.69) is 16.0 Å². The van der Waals surface area contributed by atoms with Crippen LogP contribution in [0.25, 0.3) is 0 Å². The summed E-state index contributed by atoms with van der Waals surface area (Å²) in [7, 11) is -1.96. The molecule has 0 aromatic heterocycles. The van der Waals surface area contributed by atoms with Crippen LogP contribution in [0, 0.1) is 0 Å². The van der Waals surface area contributed by atoms with Gasteiger partial charge < -0.3 is 25.6 Å². The van der Waals surface area contributed by atoms with Crippen molar-refractivity contribution in [3.63, 3.8) is 0 Å². The second kappa shape index (κ2) is 10.7. The van der Waals surface area contributed by atoms with Crippen molar-refractivity contribution in [3.8, 4) is 5.75 Å². The fourth-order valence-electron chi connectivity index (χ4n) is 5.20. The van der Waals surface area contributed by atoms with Crippen molar-refractivity contribution in [2.75, 3.05) is 33.0 Å². The molecule has 0 radical (unpaired) electrons. The number of para-hydroxylation sites is 1. The second-order valence-corrected chi connectivity index (χ2v) is 11.7. The van der Waals surface area contributed by atoms with E-state index >= 15 is 0 Å². The van der Waals surface area contributed by atoms with Gasteiger partial charge >= 0.3 is 0 Å². The highest BCUT2D eigenvalue weighted by Crippen LogP contribution is 2.34. The summed E-state index contributed by atoms with van der Waals surface area (Å²) >= 11 is 0. The molecule has 11 nitrogen and oxygen atoms in total. The first kappa shape index (κ1) is 26.4. The summed E-state index contributed by atoms with van der Waals surface area (Å²) in [6, 6.07) is 4.70. The number of carbonyl (C=O) groups excluding carboxylic acids is 3. The number of hydrogen-bond acceptors (Lipinski definition) is 7. The van der Waals surface area contributed by atoms with Crippen molar-refractivity contribution in [2.24, 2.45) is 0 Å². The molecule has 36 heavy (non-hydrogen) atoms. The maximum absolute atomic E-state index is 13.8. The quantitative estimate of drug-likeness (QED) is 0.469. The van der Waals surface area contributed by atoms with Gasteiger partial charge in [-0.2, -0.15) is 4.31 Å². The van der Waals surface area contributed by atoms with Gasteiger partial charge in [0.1, 0.15) is 17.8 Å². The molecular formula is C24H35N5O6S. The number of nitrogens with one attached hydrogen (secondary N) is 3. The highest BCUT2D eigenvalue weighted by atomic mass is 32.2. The van der Waals surface area contributed by atoms with Crippen molar-refractivity contribution in [2.45, 2.75) is 62.8 Å². The second-order valence-electron chi connectivity index (χ2n) is 9.71. The minimum Gasteiger partial charge on any atom is -0.493 e. The predicted octanol–water partition coefficient (Wildman–Crippen LogP) is -0.256. The monoisotopic (exact) mass is 521 g/mol. The Morgan fingerprint density at radius 2 is 1.83 bits per heavy atom. The summed E-state index contributed by atoms with van der Waals surface area (Å²) in [5, 5.41) is 8.64. The first-order valence-corrected chi connectivity index (χ1v) is 14.2. The molecule has 3 aliphatic rings. The lowest BCUT2D eigenvalue weighted by molar-refractivity contribution is -0.144. The lowest BCUT2D eigenvalue weighted by Crippen LogP contribution is -2.62. The predicted molar refractivity (Wildman–Crippen MR) is 133 cm³/mol. The molecule has 1 aromatic carbocycles. The third kappa shape index (κ3) is 5.50. The Bertz CT molecular complexity index is 1110. The van der Waals surface area contributed by atoms with E-state index in [9.17, 15) is 22.8 Å². The summed E-state index contributed by atoms with van der Waals surface area (Å²) < 4.78 is 31.7. The molecule has 2 fully saturated rings. The Hall–Kier alpha value is -2.70. The molecule has 0 unspecified atom stereocenters. The van der Waals surface area contributed by atoms with Crippen molar-refractivity contribution in [1.82, 2.24) is 25.2 Å². The summed E-state index contributed by atoms with van der Waals surface area (Å²) in [5.74, 6) is -0.361. The van der Waals surface area contributed by atoms with Crippen LogP contribution in [-0.4, -0.2) is 92.5 Å². The number of ether oxygens (including phenoxy) is 1. The van der Waals surface area contributed by atoms with Crippen LogP contribution in [0.2, 0.25) is 0 Å². The van der Waals surface area contributed by atoms with Gasteiger partial charge in [-0.15, -0.1) is 0 Å². The first-order valence-electron chi connectivity index (χ1n) is 12.4. The molecule has 1 aromatic rings. The van der Waals surface area contributed by atoms with Gasteiger partial charge in [-0.3, -0.25) is 14.4 Å². The van der Waals surface area contributed by atoms with Crippen molar-refractivity contribution < 1.29 is 27.5 Å². The van der Waals surface area contributed by atoms with Gasteiger partial charge in [-0.1, -0.05) is 18.2 Å². The summed E-state index contributed by atoms with van der Waals surface area (Å²) in [5.41, 5.74) is 0.903. The maximum atomic E-state index is 13.8. The van der Waals surface area contributed by atoms with Gasteiger partial charge in [0.15, 0.2) is 0 Å². The minimum atomic E-state index is -3.58. The topological polar surface area (TPSA) is 137 Å². The van der Waals surface area contributed by atoms with Crippen LogP contribution in [0.5, 0.6) is 5.75 Å². The van der Waals surface area contributed by atoms with E-state index < -0.39 is 40.0 Å². The van der Waals surface area contributed by atoms with E-state index in [1.165, 1.54) is 4.31 Å². The molecule has 2 saturated heterocycles. The van der Waals surface area contributed by atoms with Crippen molar-refractivity contribution in [3.05, 3.63) is 29.8 Å². The summed E-state index contributed by atoms with van der Waals surface area (Å²) in [4.78, 5) is 41.5. The van der Waals surface area contributed by atoms with E-state index in [1.54, 1.807) is 18.9 Å². The number of rotatable bonds is 6. The molecule has 4 rings (SSSR count). The average Bonchev–Trinajstić information content (AvgIpc) is 3.26. The summed E-state index contributed by atoms with van der Waals surface area (Å²) in [6.07, 6.45) is 3.20. The van der Waals surface area contributed by atoms with Crippen molar-refractivity contribution >= 4 is 27.7 Å². The van der Waals surface area contributed by atoms with E-state index in [4.69, 9.17) is 4.74 Å². The maximum Gasteiger partial charge on any atom is 0.247 e. The minimum absolute atomic E-state index is 0.176. The van der Waals surface area contributed by atoms with E-state index in [1.807, 2.05) is 24.3 Å². The van der Waals surface area contributed by atoms with Crippen LogP contribution in [0.3, 0.4) is 0 Å². The Kier molecular flexibility index (Phi) is 7.86. The van der Waals surface area contributed by atoms with Crippen LogP contribution >= 0.6 is 0 Å². The standard InChI is InChI=1S/C24H35N5O6S/c1-15(25-2)22(30)27-19-14-28(36(3,33)34)12-10-16-8-9-20(29(16)24(19)32)23(31)26-18-11-13-35-21-7-5-4-6-17(18)21/h4-7,15-16,18-20,25H,8-14H2,1-3H3,(H,26,31)(H,27,30)/t15-,16+,18+,19-,20-/m0/s1. The zero-order chi connectivity index (χ0) is 26.0. The molecule has 0 aliphatic carbocycles. The van der Waals surface area contributed by atoms with Gasteiger partial charge in [-0.05, 0) is 39.3 Å². The highest BCUT2D eigenvalue weighted by molar-refractivity contribution is 7.88. The lowest BCUT2D eigenvalue weighted by atomic mass is 10.00. The van der Waals surface area contributed by atoms with Crippen LogP contribution in [0.1, 0.15) is 44.2 Å². The summed E-state index contributed by atoms with van der Waals surface area (Å²) in [6.45, 7) is 2.17. The molecule has 12 heteroatoms. The normalized spacial score (nSPS) is 27.6. The van der Waals surface area contributed by atoms with Gasteiger partial charge in [0.2, 0.25) is 27.7 Å². The fourth-order valence-corrected chi connectivity index (χ4v) is 6.06. The molecule has 5 atom stereocenters. The third-order valence-corrected chi connectivity index (χ3v) is 8.61. The van der Waals surface area contributed by atoms with Crippen LogP contribution in [0.4, 0.5) is 0 Å². The van der Waals surface area contributed by atoms with Crippen molar-refractivity contribution in [1.29, 1.82) is 0 Å². The van der Waals surface area contributed by atoms with E-state index in [0.717, 1.165) is 17.6 Å². The average molecular weight is 522 g/mol. The van der Waals surface area contributed by atoms with Gasteiger partial charge in [0, 0.05) is 31.1 Å².